The Balaban J connectivity index is 0.000000729. The minimum absolute atomic E-state index is 0.0787. The van der Waals surface area contributed by atoms with Crippen LogP contribution in [0.3, 0.4) is 0 Å². The van der Waals surface area contributed by atoms with Gasteiger partial charge in [-0.15, -0.1) is 11.3 Å². The van der Waals surface area contributed by atoms with Crippen LogP contribution in [0.15, 0.2) is 89.6 Å². The third-order valence-corrected chi connectivity index (χ3v) is 8.64. The molecule has 0 spiro atoms. The van der Waals surface area contributed by atoms with Gasteiger partial charge in [-0.25, -0.2) is 9.78 Å². The Morgan fingerprint density at radius 2 is 1.89 bits per heavy atom. The first-order valence-electron chi connectivity index (χ1n) is 15.0. The number of aromatic amines is 1. The number of hydrogen-bond acceptors (Lipinski definition) is 6. The van der Waals surface area contributed by atoms with Crippen LogP contribution in [0, 0.1) is 6.92 Å². The zero-order chi connectivity index (χ0) is 31.8. The molecule has 0 atom stereocenters. The predicted octanol–water partition coefficient (Wildman–Crippen LogP) is 8.16. The number of H-pyrrole nitrogens is 1. The first-order valence-corrected chi connectivity index (χ1v) is 15.9. The molecule has 3 aromatic carbocycles. The average molecular weight is 624 g/mol. The van der Waals surface area contributed by atoms with Crippen LogP contribution >= 0.6 is 11.3 Å². The van der Waals surface area contributed by atoms with Crippen LogP contribution in [0.1, 0.15) is 59.8 Å². The number of carboxylic acids is 1. The first-order chi connectivity index (χ1) is 21.9. The minimum Gasteiger partial charge on any atom is -0.493 e. The summed E-state index contributed by atoms with van der Waals surface area (Å²) in [5.41, 5.74) is 3.38. The van der Waals surface area contributed by atoms with E-state index in [4.69, 9.17) is 9.47 Å². The molecule has 0 aliphatic rings. The second kappa shape index (κ2) is 14.7. The third kappa shape index (κ3) is 6.94. The number of aromatic carboxylic acids is 1. The van der Waals surface area contributed by atoms with E-state index < -0.39 is 5.97 Å². The number of ether oxygens (including phenoxy) is 2. The summed E-state index contributed by atoms with van der Waals surface area (Å²) < 4.78 is 13.2. The molecule has 0 bridgehead atoms. The molecule has 45 heavy (non-hydrogen) atoms. The predicted molar refractivity (Wildman–Crippen MR) is 180 cm³/mol. The second-order valence-corrected chi connectivity index (χ2v) is 11.6. The summed E-state index contributed by atoms with van der Waals surface area (Å²) >= 11 is 1.20. The molecule has 232 valence electrons. The molecule has 0 aliphatic carbocycles. The Kier molecular flexibility index (Phi) is 10.3. The summed E-state index contributed by atoms with van der Waals surface area (Å²) in [7, 11) is 1.57. The topological polar surface area (TPSA) is 106 Å². The summed E-state index contributed by atoms with van der Waals surface area (Å²) in [6.45, 7) is 4.80. The van der Waals surface area contributed by atoms with E-state index in [-0.39, 0.29) is 11.3 Å². The van der Waals surface area contributed by atoms with E-state index in [9.17, 15) is 14.7 Å². The number of rotatable bonds is 11. The normalized spacial score (nSPS) is 10.9. The number of carbonyl (C=O) groups is 1. The van der Waals surface area contributed by atoms with Crippen molar-refractivity contribution in [3.05, 3.63) is 118 Å². The van der Waals surface area contributed by atoms with E-state index in [1.807, 2.05) is 43.3 Å². The number of benzene rings is 3. The number of unbranched alkanes of at least 4 members (excludes halogenated alkanes) is 3. The van der Waals surface area contributed by atoms with E-state index in [0.29, 0.717) is 34.7 Å². The average Bonchev–Trinajstić information content (AvgIpc) is 3.77. The van der Waals surface area contributed by atoms with Gasteiger partial charge < -0.3 is 19.6 Å². The Morgan fingerprint density at radius 3 is 2.58 bits per heavy atom. The first kappa shape index (κ1) is 31.5. The molecule has 3 heterocycles. The molecule has 3 aromatic heterocycles. The number of hydrogen-bond donors (Lipinski definition) is 2. The van der Waals surface area contributed by atoms with Crippen molar-refractivity contribution in [2.45, 2.75) is 46.0 Å². The summed E-state index contributed by atoms with van der Waals surface area (Å²) in [5.74, 6) is 0.130. The Labute approximate surface area is 265 Å². The minimum atomic E-state index is -1.16. The van der Waals surface area contributed by atoms with Crippen molar-refractivity contribution in [1.82, 2.24) is 14.4 Å². The van der Waals surface area contributed by atoms with Crippen LogP contribution in [0.25, 0.3) is 26.7 Å². The fourth-order valence-corrected chi connectivity index (χ4v) is 6.55. The van der Waals surface area contributed by atoms with E-state index in [1.54, 1.807) is 25.8 Å². The largest absolute Gasteiger partial charge is 0.493 e. The quantitative estimate of drug-likeness (QED) is 0.141. The lowest BCUT2D eigenvalue weighted by Gasteiger charge is -2.18. The molecular formula is C36H37N3O5S. The van der Waals surface area contributed by atoms with Crippen molar-refractivity contribution < 1.29 is 19.4 Å². The van der Waals surface area contributed by atoms with Crippen LogP contribution < -0.4 is 15.0 Å². The third-order valence-electron chi connectivity index (χ3n) is 7.71. The standard InChI is InChI=1S/C33H33NO5S.C3H4N2/c1-4-5-6-9-17-39-28-16-15-24(18-21(28)2)29-26(19-23-13-10-12-22-11-7-8-14-25(22)23)30(38-3)32-34(31(29)35)27(20-40-32)33(36)37;1-2-5-3-4-1/h7-8,10-16,18,20H,4-6,9,17,19H2,1-3H3,(H,36,37);1-3H,(H,4,5). The van der Waals surface area contributed by atoms with Crippen LogP contribution in [0.2, 0.25) is 0 Å². The SMILES string of the molecule is CCCCCCOc1ccc(-c2c(Cc3cccc4ccccc34)c(OC)c3scc(C(=O)O)n3c2=O)cc1C.c1c[nH]cn1. The maximum absolute atomic E-state index is 14.1. The van der Waals surface area contributed by atoms with Crippen LogP contribution in [0.4, 0.5) is 0 Å². The number of carboxylic acid groups (broad SMARTS) is 1. The molecule has 0 radical (unpaired) electrons. The van der Waals surface area contributed by atoms with Gasteiger partial charge >= 0.3 is 5.97 Å². The number of methoxy groups -OCH3 is 1. The summed E-state index contributed by atoms with van der Waals surface area (Å²) in [6.07, 6.45) is 10.0. The molecule has 0 aliphatic heterocycles. The van der Waals surface area contributed by atoms with Gasteiger partial charge in [0, 0.05) is 29.8 Å². The molecule has 0 amide bonds. The van der Waals surface area contributed by atoms with E-state index in [1.165, 1.54) is 34.0 Å². The molecule has 0 fully saturated rings. The zero-order valence-corrected chi connectivity index (χ0v) is 26.5. The lowest BCUT2D eigenvalue weighted by atomic mass is 9.92. The van der Waals surface area contributed by atoms with Crippen molar-refractivity contribution >= 4 is 32.9 Å². The maximum atomic E-state index is 14.1. The maximum Gasteiger partial charge on any atom is 0.353 e. The smallest absolute Gasteiger partial charge is 0.353 e. The number of aromatic nitrogens is 3. The number of nitrogens with zero attached hydrogens (tertiary/aromatic N) is 2. The van der Waals surface area contributed by atoms with Gasteiger partial charge in [-0.05, 0) is 52.9 Å². The molecule has 9 heteroatoms. The number of nitrogens with one attached hydrogen (secondary N) is 1. The van der Waals surface area contributed by atoms with Crippen LogP contribution in [-0.4, -0.2) is 39.2 Å². The van der Waals surface area contributed by atoms with Crippen molar-refractivity contribution in [2.24, 2.45) is 0 Å². The number of pyridine rings is 1. The highest BCUT2D eigenvalue weighted by Gasteiger charge is 2.25. The van der Waals surface area contributed by atoms with Crippen molar-refractivity contribution in [1.29, 1.82) is 0 Å². The number of imidazole rings is 1. The number of thiazole rings is 1. The fourth-order valence-electron chi connectivity index (χ4n) is 5.52. The van der Waals surface area contributed by atoms with E-state index >= 15 is 0 Å². The fraction of sp³-hybridized carbons (Fsp3) is 0.250. The summed E-state index contributed by atoms with van der Waals surface area (Å²) in [5, 5.41) is 13.6. The van der Waals surface area contributed by atoms with Gasteiger partial charge in [0.2, 0.25) is 0 Å². The molecule has 2 N–H and O–H groups in total. The highest BCUT2D eigenvalue weighted by atomic mass is 32.1. The molecule has 0 saturated heterocycles. The number of aryl methyl sites for hydroxylation is 1. The Hall–Kier alpha value is -4.89. The van der Waals surface area contributed by atoms with E-state index in [2.05, 4.69) is 41.2 Å². The van der Waals surface area contributed by atoms with Gasteiger partial charge in [0.15, 0.2) is 5.75 Å². The molecule has 8 nitrogen and oxygen atoms in total. The lowest BCUT2D eigenvalue weighted by Crippen LogP contribution is -2.22. The van der Waals surface area contributed by atoms with Gasteiger partial charge in [0.25, 0.3) is 5.56 Å². The summed E-state index contributed by atoms with van der Waals surface area (Å²) in [6, 6.07) is 20.0. The van der Waals surface area contributed by atoms with Crippen LogP contribution in [-0.2, 0) is 6.42 Å². The molecule has 6 aromatic rings. The highest BCUT2D eigenvalue weighted by Crippen LogP contribution is 2.38. The molecule has 6 rings (SSSR count). The molecule has 0 saturated carbocycles. The van der Waals surface area contributed by atoms with Crippen molar-refractivity contribution in [2.75, 3.05) is 13.7 Å². The highest BCUT2D eigenvalue weighted by molar-refractivity contribution is 7.16. The van der Waals surface area contributed by atoms with Gasteiger partial charge in [-0.2, -0.15) is 0 Å². The van der Waals surface area contributed by atoms with Gasteiger partial charge in [-0.1, -0.05) is 74.7 Å². The molecule has 0 unspecified atom stereocenters. The molecular weight excluding hydrogens is 586 g/mol. The number of fused-ring (bicyclic) bond motifs is 2. The monoisotopic (exact) mass is 623 g/mol. The van der Waals surface area contributed by atoms with Crippen molar-refractivity contribution in [3.63, 3.8) is 0 Å². The van der Waals surface area contributed by atoms with Gasteiger partial charge in [0.1, 0.15) is 16.3 Å². The van der Waals surface area contributed by atoms with Gasteiger partial charge in [-0.3, -0.25) is 9.20 Å². The zero-order valence-electron chi connectivity index (χ0n) is 25.7. The van der Waals surface area contributed by atoms with E-state index in [0.717, 1.165) is 46.1 Å². The Morgan fingerprint density at radius 1 is 1.07 bits per heavy atom. The van der Waals surface area contributed by atoms with Gasteiger partial charge in [0.05, 0.1) is 25.6 Å². The lowest BCUT2D eigenvalue weighted by molar-refractivity contribution is 0.0689. The second-order valence-electron chi connectivity index (χ2n) is 10.7. The summed E-state index contributed by atoms with van der Waals surface area (Å²) in [4.78, 5) is 33.1. The van der Waals surface area contributed by atoms with Crippen molar-refractivity contribution in [3.8, 4) is 22.6 Å². The Bertz CT molecular complexity index is 1940. The van der Waals surface area contributed by atoms with Crippen LogP contribution in [0.5, 0.6) is 11.5 Å².